The summed E-state index contributed by atoms with van der Waals surface area (Å²) in [7, 11) is 0. The van der Waals surface area contributed by atoms with Crippen molar-refractivity contribution in [2.45, 2.75) is 32.7 Å². The Kier molecular flexibility index (Phi) is 5.74. The first-order valence-electron chi connectivity index (χ1n) is 10.5. The van der Waals surface area contributed by atoms with Crippen LogP contribution in [0.3, 0.4) is 0 Å². The minimum atomic E-state index is -0.141. The Labute approximate surface area is 188 Å². The number of fused-ring (bicyclic) bond motifs is 3. The minimum absolute atomic E-state index is 0.0203. The average molecular weight is 453 g/mol. The molecule has 1 amide bonds. The number of hydrogen-bond acceptors (Lipinski definition) is 7. The third-order valence-electron chi connectivity index (χ3n) is 5.53. The number of thiazole rings is 1. The van der Waals surface area contributed by atoms with Crippen molar-refractivity contribution in [2.24, 2.45) is 0 Å². The van der Waals surface area contributed by atoms with Crippen molar-refractivity contribution in [3.05, 3.63) is 46.4 Å². The third-order valence-corrected chi connectivity index (χ3v) is 7.37. The van der Waals surface area contributed by atoms with Crippen LogP contribution in [0.15, 0.2) is 35.8 Å². The highest BCUT2D eigenvalue weighted by Gasteiger charge is 2.17. The molecule has 6 nitrogen and oxygen atoms in total. The molecular formula is C23H24N4O2S2. The monoisotopic (exact) mass is 452 g/mol. The molecule has 3 aromatic heterocycles. The van der Waals surface area contributed by atoms with Crippen molar-refractivity contribution in [3.63, 3.8) is 0 Å². The van der Waals surface area contributed by atoms with Crippen LogP contribution in [0.5, 0.6) is 5.75 Å². The van der Waals surface area contributed by atoms with Crippen LogP contribution < -0.4 is 15.0 Å². The Morgan fingerprint density at radius 3 is 3.00 bits per heavy atom. The van der Waals surface area contributed by atoms with Crippen LogP contribution in [-0.4, -0.2) is 35.6 Å². The number of piperidine rings is 1. The molecule has 0 unspecified atom stereocenters. The fourth-order valence-corrected chi connectivity index (χ4v) is 5.89. The van der Waals surface area contributed by atoms with E-state index in [4.69, 9.17) is 4.74 Å². The number of amides is 1. The molecule has 31 heavy (non-hydrogen) atoms. The van der Waals surface area contributed by atoms with Crippen molar-refractivity contribution >= 4 is 54.7 Å². The molecule has 0 bridgehead atoms. The number of aromatic nitrogens is 2. The lowest BCUT2D eigenvalue weighted by Crippen LogP contribution is -2.33. The summed E-state index contributed by atoms with van der Waals surface area (Å²) >= 11 is 3.30. The van der Waals surface area contributed by atoms with Crippen LogP contribution in [0.4, 0.5) is 5.82 Å². The number of pyridine rings is 1. The van der Waals surface area contributed by atoms with Gasteiger partial charge < -0.3 is 15.0 Å². The summed E-state index contributed by atoms with van der Waals surface area (Å²) in [5.74, 6) is 1.57. The number of thiophene rings is 1. The van der Waals surface area contributed by atoms with E-state index in [1.807, 2.05) is 42.8 Å². The summed E-state index contributed by atoms with van der Waals surface area (Å²) in [4.78, 5) is 24.1. The second-order valence-corrected chi connectivity index (χ2v) is 9.87. The number of aryl methyl sites for hydroxylation is 1. The number of hydrogen-bond donors (Lipinski definition) is 1. The number of carbonyl (C=O) groups excluding carboxylic acids is 1. The lowest BCUT2D eigenvalue weighted by Gasteiger charge is -2.29. The number of rotatable bonds is 6. The highest BCUT2D eigenvalue weighted by Crippen LogP contribution is 2.38. The molecule has 1 saturated heterocycles. The molecule has 4 heterocycles. The Balaban J connectivity index is 1.25. The average Bonchev–Trinajstić information content (AvgIpc) is 3.43. The minimum Gasteiger partial charge on any atom is -0.483 e. The highest BCUT2D eigenvalue weighted by atomic mass is 32.1. The van der Waals surface area contributed by atoms with Gasteiger partial charge in [-0.25, -0.2) is 9.97 Å². The van der Waals surface area contributed by atoms with Crippen LogP contribution in [-0.2, 0) is 11.3 Å². The van der Waals surface area contributed by atoms with E-state index in [1.54, 1.807) is 22.7 Å². The number of nitrogens with zero attached hydrogens (tertiary/aromatic N) is 3. The first kappa shape index (κ1) is 20.2. The summed E-state index contributed by atoms with van der Waals surface area (Å²) in [6, 6.07) is 7.98. The molecule has 0 spiro atoms. The fourth-order valence-electron chi connectivity index (χ4n) is 4.05. The predicted molar refractivity (Wildman–Crippen MR) is 127 cm³/mol. The Hall–Kier alpha value is -2.71. The van der Waals surface area contributed by atoms with E-state index in [0.717, 1.165) is 55.5 Å². The van der Waals surface area contributed by atoms with Crippen molar-refractivity contribution < 1.29 is 9.53 Å². The number of ether oxygens (including phenoxy) is 1. The molecule has 5 rings (SSSR count). The Morgan fingerprint density at radius 2 is 2.13 bits per heavy atom. The van der Waals surface area contributed by atoms with E-state index >= 15 is 0 Å². The molecule has 1 aliphatic heterocycles. The molecule has 0 saturated carbocycles. The lowest BCUT2D eigenvalue weighted by molar-refractivity contribution is -0.123. The Bertz CT molecular complexity index is 1230. The summed E-state index contributed by atoms with van der Waals surface area (Å²) in [6.45, 7) is 4.49. The van der Waals surface area contributed by atoms with Gasteiger partial charge in [-0.2, -0.15) is 0 Å². The molecule has 1 fully saturated rings. The van der Waals surface area contributed by atoms with Gasteiger partial charge in [0.2, 0.25) is 0 Å². The van der Waals surface area contributed by atoms with E-state index in [9.17, 15) is 4.79 Å². The van der Waals surface area contributed by atoms with Crippen molar-refractivity contribution in [1.82, 2.24) is 15.3 Å². The second-order valence-electron chi connectivity index (χ2n) is 7.72. The Morgan fingerprint density at radius 1 is 1.26 bits per heavy atom. The maximum atomic E-state index is 12.5. The van der Waals surface area contributed by atoms with Gasteiger partial charge in [0.15, 0.2) is 6.61 Å². The number of benzene rings is 1. The van der Waals surface area contributed by atoms with Gasteiger partial charge in [0.1, 0.15) is 11.6 Å². The summed E-state index contributed by atoms with van der Waals surface area (Å²) < 4.78 is 8.14. The summed E-state index contributed by atoms with van der Waals surface area (Å²) in [6.07, 6.45) is 5.48. The zero-order chi connectivity index (χ0) is 21.2. The van der Waals surface area contributed by atoms with Crippen LogP contribution in [0.2, 0.25) is 0 Å². The normalized spacial score (nSPS) is 14.3. The van der Waals surface area contributed by atoms with Gasteiger partial charge in [0, 0.05) is 42.8 Å². The van der Waals surface area contributed by atoms with Gasteiger partial charge in [-0.3, -0.25) is 4.79 Å². The molecule has 1 aliphatic rings. The molecule has 160 valence electrons. The van der Waals surface area contributed by atoms with E-state index in [1.165, 1.54) is 19.3 Å². The molecule has 0 aliphatic carbocycles. The van der Waals surface area contributed by atoms with E-state index in [0.29, 0.717) is 6.54 Å². The SMILES string of the molecule is Cc1nc2c(cc(OCC(=O)NCc3cccnc3N3CCCCC3)c3ccsc32)s1. The van der Waals surface area contributed by atoms with Crippen molar-refractivity contribution in [1.29, 1.82) is 0 Å². The maximum absolute atomic E-state index is 12.5. The molecule has 1 aromatic carbocycles. The number of nitrogens with one attached hydrogen (secondary N) is 1. The van der Waals surface area contributed by atoms with Crippen LogP contribution in [0, 0.1) is 6.92 Å². The van der Waals surface area contributed by atoms with Gasteiger partial charge in [0.25, 0.3) is 5.91 Å². The second kappa shape index (κ2) is 8.80. The third kappa shape index (κ3) is 4.22. The number of carbonyl (C=O) groups is 1. The lowest BCUT2D eigenvalue weighted by atomic mass is 10.1. The standard InChI is InChI=1S/C23H24N4O2S2/c1-15-26-21-19(31-15)12-18(17-7-11-30-22(17)21)29-14-20(28)25-13-16-6-5-8-24-23(16)27-9-3-2-4-10-27/h5-8,11-12H,2-4,9-10,13-14H2,1H3,(H,25,28). The summed E-state index contributed by atoms with van der Waals surface area (Å²) in [5, 5.41) is 7.07. The molecule has 0 atom stereocenters. The van der Waals surface area contributed by atoms with Gasteiger partial charge in [-0.05, 0) is 43.7 Å². The van der Waals surface area contributed by atoms with Crippen molar-refractivity contribution in [2.75, 3.05) is 24.6 Å². The first-order chi connectivity index (χ1) is 15.2. The quantitative estimate of drug-likeness (QED) is 0.451. The largest absolute Gasteiger partial charge is 0.483 e. The molecular weight excluding hydrogens is 428 g/mol. The van der Waals surface area contributed by atoms with E-state index in [-0.39, 0.29) is 12.5 Å². The number of anilines is 1. The first-order valence-corrected chi connectivity index (χ1v) is 12.2. The van der Waals surface area contributed by atoms with Crippen LogP contribution >= 0.6 is 22.7 Å². The van der Waals surface area contributed by atoms with Crippen LogP contribution in [0.1, 0.15) is 29.8 Å². The fraction of sp³-hybridized carbons (Fsp3) is 0.348. The smallest absolute Gasteiger partial charge is 0.258 e. The van der Waals surface area contributed by atoms with E-state index < -0.39 is 0 Å². The summed E-state index contributed by atoms with van der Waals surface area (Å²) in [5.41, 5.74) is 2.06. The van der Waals surface area contributed by atoms with Gasteiger partial charge in [0.05, 0.1) is 19.9 Å². The van der Waals surface area contributed by atoms with E-state index in [2.05, 4.69) is 20.2 Å². The van der Waals surface area contributed by atoms with Gasteiger partial charge in [-0.1, -0.05) is 6.07 Å². The van der Waals surface area contributed by atoms with Gasteiger partial charge >= 0.3 is 0 Å². The zero-order valence-electron chi connectivity index (χ0n) is 17.4. The molecule has 1 N–H and O–H groups in total. The maximum Gasteiger partial charge on any atom is 0.258 e. The van der Waals surface area contributed by atoms with Crippen LogP contribution in [0.25, 0.3) is 20.3 Å². The molecule has 8 heteroatoms. The highest BCUT2D eigenvalue weighted by molar-refractivity contribution is 7.21. The van der Waals surface area contributed by atoms with Crippen molar-refractivity contribution in [3.8, 4) is 5.75 Å². The zero-order valence-corrected chi connectivity index (χ0v) is 19.0. The molecule has 0 radical (unpaired) electrons. The topological polar surface area (TPSA) is 67.3 Å². The molecule has 4 aromatic rings. The predicted octanol–water partition coefficient (Wildman–Crippen LogP) is 4.90. The van der Waals surface area contributed by atoms with Gasteiger partial charge in [-0.15, -0.1) is 22.7 Å².